The van der Waals surface area contributed by atoms with Gasteiger partial charge in [0.25, 0.3) is 0 Å². The molecule has 1 aliphatic rings. The minimum atomic E-state index is -0.324. The van der Waals surface area contributed by atoms with Gasteiger partial charge in [-0.05, 0) is 23.8 Å². The maximum absolute atomic E-state index is 11.1. The average Bonchev–Trinajstić information content (AvgIpc) is 2.39. The van der Waals surface area contributed by atoms with Crippen molar-refractivity contribution in [2.75, 3.05) is 17.6 Å². The Morgan fingerprint density at radius 3 is 2.78 bits per heavy atom. The topological polar surface area (TPSA) is 77.2 Å². The van der Waals surface area contributed by atoms with Crippen LogP contribution in [0, 0.1) is 0 Å². The van der Waals surface area contributed by atoms with Crippen molar-refractivity contribution >= 4 is 17.3 Å². The van der Waals surface area contributed by atoms with Crippen LogP contribution < -0.4 is 15.8 Å². The van der Waals surface area contributed by atoms with Gasteiger partial charge in [0.05, 0.1) is 5.69 Å². The van der Waals surface area contributed by atoms with E-state index in [9.17, 15) is 4.79 Å². The summed E-state index contributed by atoms with van der Waals surface area (Å²) in [6.07, 6.45) is 1.67. The van der Waals surface area contributed by atoms with Crippen molar-refractivity contribution in [3.8, 4) is 17.0 Å². The molecule has 2 aromatic rings. The Kier molecular flexibility index (Phi) is 2.37. The molecule has 0 fully saturated rings. The second-order valence-corrected chi connectivity index (χ2v) is 4.03. The van der Waals surface area contributed by atoms with Crippen LogP contribution in [0.3, 0.4) is 0 Å². The van der Waals surface area contributed by atoms with Gasteiger partial charge in [0.1, 0.15) is 6.54 Å². The number of hydrogen-bond acceptors (Lipinski definition) is 5. The number of benzene rings is 1. The lowest BCUT2D eigenvalue weighted by atomic mass is 10.1. The molecule has 1 aromatic carbocycles. The van der Waals surface area contributed by atoms with Gasteiger partial charge >= 0.3 is 5.97 Å². The number of esters is 1. The fourth-order valence-corrected chi connectivity index (χ4v) is 1.80. The minimum Gasteiger partial charge on any atom is -0.404 e. The fraction of sp³-hybridized carbons (Fsp3) is 0.0769. The molecule has 5 nitrogen and oxygen atoms in total. The van der Waals surface area contributed by atoms with Gasteiger partial charge in [-0.2, -0.15) is 0 Å². The van der Waals surface area contributed by atoms with Crippen LogP contribution in [-0.4, -0.2) is 17.5 Å². The van der Waals surface area contributed by atoms with Crippen LogP contribution in [0.15, 0.2) is 36.5 Å². The van der Waals surface area contributed by atoms with E-state index in [-0.39, 0.29) is 12.5 Å². The van der Waals surface area contributed by atoms with Crippen LogP contribution in [0.2, 0.25) is 0 Å². The number of fused-ring (bicyclic) bond motifs is 1. The monoisotopic (exact) mass is 241 g/mol. The second kappa shape index (κ2) is 4.03. The largest absolute Gasteiger partial charge is 0.404 e. The van der Waals surface area contributed by atoms with E-state index >= 15 is 0 Å². The van der Waals surface area contributed by atoms with Crippen molar-refractivity contribution < 1.29 is 9.53 Å². The second-order valence-electron chi connectivity index (χ2n) is 4.03. The number of carbonyl (C=O) groups excluding carboxylic acids is 1. The molecule has 0 bridgehead atoms. The summed E-state index contributed by atoms with van der Waals surface area (Å²) in [5, 5.41) is 2.97. The summed E-state index contributed by atoms with van der Waals surface area (Å²) in [4.78, 5) is 15.2. The van der Waals surface area contributed by atoms with Gasteiger partial charge in [-0.1, -0.05) is 12.1 Å². The smallest absolute Gasteiger partial charge is 0.332 e. The Balaban J connectivity index is 1.99. The number of rotatable bonds is 1. The number of aromatic nitrogens is 1. The van der Waals surface area contributed by atoms with Gasteiger partial charge < -0.3 is 15.8 Å². The Morgan fingerprint density at radius 1 is 1.22 bits per heavy atom. The minimum absolute atomic E-state index is 0.167. The molecule has 90 valence electrons. The van der Waals surface area contributed by atoms with Gasteiger partial charge in [0.2, 0.25) is 5.88 Å². The van der Waals surface area contributed by atoms with E-state index in [2.05, 4.69) is 10.3 Å². The molecule has 0 atom stereocenters. The first-order chi connectivity index (χ1) is 8.72. The van der Waals surface area contributed by atoms with E-state index in [0.29, 0.717) is 5.88 Å². The third-order valence-electron chi connectivity index (χ3n) is 2.73. The van der Waals surface area contributed by atoms with Gasteiger partial charge in [0.15, 0.2) is 0 Å². The summed E-state index contributed by atoms with van der Waals surface area (Å²) in [7, 11) is 0. The van der Waals surface area contributed by atoms with Crippen molar-refractivity contribution in [2.45, 2.75) is 0 Å². The first-order valence-corrected chi connectivity index (χ1v) is 5.53. The number of hydrogen-bond donors (Lipinski definition) is 2. The van der Waals surface area contributed by atoms with Crippen LogP contribution in [0.1, 0.15) is 0 Å². The molecule has 0 unspecified atom stereocenters. The number of nitrogens with one attached hydrogen (secondary N) is 1. The molecule has 0 aliphatic carbocycles. The average molecular weight is 241 g/mol. The summed E-state index contributed by atoms with van der Waals surface area (Å²) < 4.78 is 5.01. The highest BCUT2D eigenvalue weighted by Crippen LogP contribution is 2.30. The first kappa shape index (κ1) is 10.6. The maximum Gasteiger partial charge on any atom is 0.332 e. The van der Waals surface area contributed by atoms with Gasteiger partial charge in [0, 0.05) is 17.4 Å². The highest BCUT2D eigenvalue weighted by molar-refractivity contribution is 5.83. The Hall–Kier alpha value is -2.56. The van der Waals surface area contributed by atoms with Gasteiger partial charge in [-0.15, -0.1) is 0 Å². The van der Waals surface area contributed by atoms with E-state index in [1.54, 1.807) is 6.20 Å². The van der Waals surface area contributed by atoms with E-state index in [1.807, 2.05) is 30.3 Å². The predicted molar refractivity (Wildman–Crippen MR) is 68.2 cm³/mol. The SMILES string of the molecule is Nc1ccc(-c2cnc3c(c2)NCC(=O)O3)cc1. The number of nitrogens with zero attached hydrogens (tertiary/aromatic N) is 1. The number of ether oxygens (including phenoxy) is 1. The fourth-order valence-electron chi connectivity index (χ4n) is 1.80. The lowest BCUT2D eigenvalue weighted by Crippen LogP contribution is -2.25. The van der Waals surface area contributed by atoms with E-state index < -0.39 is 0 Å². The van der Waals surface area contributed by atoms with Crippen LogP contribution in [0.25, 0.3) is 11.1 Å². The molecule has 0 spiro atoms. The molecule has 1 aliphatic heterocycles. The van der Waals surface area contributed by atoms with Crippen molar-refractivity contribution in [1.29, 1.82) is 0 Å². The van der Waals surface area contributed by atoms with Crippen LogP contribution in [0.5, 0.6) is 5.88 Å². The molecule has 3 N–H and O–H groups in total. The molecule has 3 rings (SSSR count). The third-order valence-corrected chi connectivity index (χ3v) is 2.73. The highest BCUT2D eigenvalue weighted by Gasteiger charge is 2.18. The lowest BCUT2D eigenvalue weighted by molar-refractivity contribution is -0.133. The lowest BCUT2D eigenvalue weighted by Gasteiger charge is -2.16. The molecule has 0 saturated carbocycles. The zero-order chi connectivity index (χ0) is 12.5. The molecule has 0 saturated heterocycles. The maximum atomic E-state index is 11.1. The molecular weight excluding hydrogens is 230 g/mol. The van der Waals surface area contributed by atoms with Crippen LogP contribution >= 0.6 is 0 Å². The standard InChI is InChI=1S/C13H11N3O2/c14-10-3-1-8(2-4-10)9-5-11-13(16-6-9)18-12(17)7-15-11/h1-6,15H,7,14H2. The highest BCUT2D eigenvalue weighted by atomic mass is 16.5. The van der Waals surface area contributed by atoms with Crippen molar-refractivity contribution in [3.63, 3.8) is 0 Å². The number of anilines is 2. The number of nitrogen functional groups attached to an aromatic ring is 1. The van der Waals surface area contributed by atoms with Gasteiger partial charge in [-0.25, -0.2) is 9.78 Å². The summed E-state index contributed by atoms with van der Waals surface area (Å²) in [5.41, 5.74) is 9.05. The zero-order valence-electron chi connectivity index (χ0n) is 9.51. The summed E-state index contributed by atoms with van der Waals surface area (Å²) in [6.45, 7) is 0.167. The quantitative estimate of drug-likeness (QED) is 0.586. The molecule has 0 amide bonds. The molecule has 18 heavy (non-hydrogen) atoms. The zero-order valence-corrected chi connectivity index (χ0v) is 9.51. The van der Waals surface area contributed by atoms with E-state index in [1.165, 1.54) is 0 Å². The Labute approximate surface area is 104 Å². The first-order valence-electron chi connectivity index (χ1n) is 5.53. The van der Waals surface area contributed by atoms with Crippen molar-refractivity contribution in [3.05, 3.63) is 36.5 Å². The van der Waals surface area contributed by atoms with Gasteiger partial charge in [-0.3, -0.25) is 0 Å². The number of pyridine rings is 1. The molecule has 2 heterocycles. The van der Waals surface area contributed by atoms with E-state index in [4.69, 9.17) is 10.5 Å². The molecule has 1 aromatic heterocycles. The molecule has 5 heteroatoms. The van der Waals surface area contributed by atoms with Crippen molar-refractivity contribution in [1.82, 2.24) is 4.98 Å². The van der Waals surface area contributed by atoms with Crippen LogP contribution in [-0.2, 0) is 4.79 Å². The van der Waals surface area contributed by atoms with Crippen molar-refractivity contribution in [2.24, 2.45) is 0 Å². The van der Waals surface area contributed by atoms with Crippen LogP contribution in [0.4, 0.5) is 11.4 Å². The summed E-state index contributed by atoms with van der Waals surface area (Å²) >= 11 is 0. The summed E-state index contributed by atoms with van der Waals surface area (Å²) in [6, 6.07) is 9.42. The summed E-state index contributed by atoms with van der Waals surface area (Å²) in [5.74, 6) is 0.000629. The third kappa shape index (κ3) is 1.86. The number of nitrogens with two attached hydrogens (primary N) is 1. The normalized spacial score (nSPS) is 13.4. The molecule has 0 radical (unpaired) electrons. The predicted octanol–water partition coefficient (Wildman–Crippen LogP) is 1.66. The molecular formula is C13H11N3O2. The Morgan fingerprint density at radius 2 is 2.00 bits per heavy atom. The van der Waals surface area contributed by atoms with E-state index in [0.717, 1.165) is 22.5 Å². The number of carbonyl (C=O) groups is 1. The Bertz CT molecular complexity index is 608.